The Morgan fingerprint density at radius 1 is 1.05 bits per heavy atom. The fourth-order valence-electron chi connectivity index (χ4n) is 2.17. The maximum absolute atomic E-state index is 10.6. The molecule has 3 rings (SSSR count). The first-order chi connectivity index (χ1) is 10.1. The van der Waals surface area contributed by atoms with E-state index < -0.39 is 6.10 Å². The molecule has 106 valence electrons. The molecule has 3 aromatic rings. The molecule has 1 aromatic carbocycles. The smallest absolute Gasteiger partial charge is 0.130 e. The van der Waals surface area contributed by atoms with Crippen molar-refractivity contribution in [3.63, 3.8) is 0 Å². The Morgan fingerprint density at radius 3 is 2.57 bits per heavy atom. The summed E-state index contributed by atoms with van der Waals surface area (Å²) in [5.74, 6) is 0. The Morgan fingerprint density at radius 2 is 1.86 bits per heavy atom. The molecule has 0 aliphatic carbocycles. The molecule has 0 fully saturated rings. The second kappa shape index (κ2) is 5.78. The molecule has 1 atom stereocenters. The molecule has 1 N–H and O–H groups in total. The van der Waals surface area contributed by atoms with Crippen molar-refractivity contribution in [2.24, 2.45) is 0 Å². The first-order valence-electron chi connectivity index (χ1n) is 6.10. The maximum Gasteiger partial charge on any atom is 0.130 e. The Kier molecular flexibility index (Phi) is 4.00. The molecule has 2 aromatic heterocycles. The average molecular weight is 340 g/mol. The zero-order valence-corrected chi connectivity index (χ0v) is 12.9. The van der Waals surface area contributed by atoms with Gasteiger partial charge in [0, 0.05) is 16.6 Å². The number of fused-ring (bicyclic) bond motifs is 1. The van der Waals surface area contributed by atoms with Crippen molar-refractivity contribution in [2.75, 3.05) is 0 Å². The van der Waals surface area contributed by atoms with Crippen LogP contribution < -0.4 is 0 Å². The number of benzene rings is 1. The van der Waals surface area contributed by atoms with Gasteiger partial charge in [0.05, 0.1) is 16.2 Å². The van der Waals surface area contributed by atoms with Gasteiger partial charge in [0.15, 0.2) is 0 Å². The quantitative estimate of drug-likeness (QED) is 0.690. The standard InChI is InChI=1S/C15H9Cl3N2O/c16-8-5-9-10(15(21)12-3-1-2-4-19-12)7-13(18)20-14(9)11(17)6-8/h1-7,15,21H. The second-order valence-corrected chi connectivity index (χ2v) is 5.71. The normalized spacial score (nSPS) is 12.6. The molecule has 2 heterocycles. The lowest BCUT2D eigenvalue weighted by atomic mass is 10.0. The van der Waals surface area contributed by atoms with E-state index in [2.05, 4.69) is 9.97 Å². The fraction of sp³-hybridized carbons (Fsp3) is 0.0667. The van der Waals surface area contributed by atoms with Gasteiger partial charge in [0.2, 0.25) is 0 Å². The number of nitrogens with zero attached hydrogens (tertiary/aromatic N) is 2. The predicted molar refractivity (Wildman–Crippen MR) is 85.1 cm³/mol. The molecule has 0 bridgehead atoms. The summed E-state index contributed by atoms with van der Waals surface area (Å²) in [4.78, 5) is 8.35. The topological polar surface area (TPSA) is 46.0 Å². The number of halogens is 3. The van der Waals surface area contributed by atoms with Gasteiger partial charge in [-0.1, -0.05) is 40.9 Å². The van der Waals surface area contributed by atoms with E-state index in [-0.39, 0.29) is 5.15 Å². The summed E-state index contributed by atoms with van der Waals surface area (Å²) in [6, 6.07) is 10.2. The van der Waals surface area contributed by atoms with Crippen LogP contribution in [0.1, 0.15) is 17.4 Å². The molecule has 0 aliphatic heterocycles. The van der Waals surface area contributed by atoms with Gasteiger partial charge < -0.3 is 5.11 Å². The number of hydrogen-bond donors (Lipinski definition) is 1. The van der Waals surface area contributed by atoms with Crippen LogP contribution >= 0.6 is 34.8 Å². The molecule has 3 nitrogen and oxygen atoms in total. The van der Waals surface area contributed by atoms with Gasteiger partial charge in [0.1, 0.15) is 11.3 Å². The Balaban J connectivity index is 2.27. The van der Waals surface area contributed by atoms with Crippen LogP contribution in [0.4, 0.5) is 0 Å². The van der Waals surface area contributed by atoms with Crippen molar-refractivity contribution in [1.29, 1.82) is 0 Å². The maximum atomic E-state index is 10.6. The summed E-state index contributed by atoms with van der Waals surface area (Å²) >= 11 is 18.2. The van der Waals surface area contributed by atoms with Crippen LogP contribution in [0.3, 0.4) is 0 Å². The summed E-state index contributed by atoms with van der Waals surface area (Å²) < 4.78 is 0. The zero-order chi connectivity index (χ0) is 15.0. The van der Waals surface area contributed by atoms with E-state index in [0.717, 1.165) is 0 Å². The number of hydrogen-bond acceptors (Lipinski definition) is 3. The van der Waals surface area contributed by atoms with Crippen molar-refractivity contribution in [3.8, 4) is 0 Å². The van der Waals surface area contributed by atoms with Crippen molar-refractivity contribution < 1.29 is 5.11 Å². The van der Waals surface area contributed by atoms with E-state index in [0.29, 0.717) is 32.2 Å². The molecule has 0 saturated heterocycles. The number of aliphatic hydroxyl groups is 1. The van der Waals surface area contributed by atoms with Gasteiger partial charge in [-0.25, -0.2) is 4.98 Å². The van der Waals surface area contributed by atoms with Crippen LogP contribution in [0.5, 0.6) is 0 Å². The van der Waals surface area contributed by atoms with Crippen molar-refractivity contribution >= 4 is 45.7 Å². The van der Waals surface area contributed by atoms with E-state index in [1.165, 1.54) is 0 Å². The molecule has 0 spiro atoms. The molecule has 0 aliphatic rings. The van der Waals surface area contributed by atoms with Crippen LogP contribution in [-0.2, 0) is 0 Å². The summed E-state index contributed by atoms with van der Waals surface area (Å²) in [5.41, 5.74) is 1.57. The average Bonchev–Trinajstić information content (AvgIpc) is 2.47. The lowest BCUT2D eigenvalue weighted by Crippen LogP contribution is -2.03. The summed E-state index contributed by atoms with van der Waals surface area (Å²) in [5, 5.41) is 12.3. The van der Waals surface area contributed by atoms with Crippen LogP contribution in [0.25, 0.3) is 10.9 Å². The van der Waals surface area contributed by atoms with Gasteiger partial charge in [-0.15, -0.1) is 0 Å². The molecule has 6 heteroatoms. The summed E-state index contributed by atoms with van der Waals surface area (Å²) in [6.07, 6.45) is 0.674. The highest BCUT2D eigenvalue weighted by atomic mass is 35.5. The molecule has 0 amide bonds. The van der Waals surface area contributed by atoms with Gasteiger partial charge >= 0.3 is 0 Å². The molecular weight excluding hydrogens is 331 g/mol. The van der Waals surface area contributed by atoms with E-state index in [1.807, 2.05) is 0 Å². The number of pyridine rings is 2. The molecule has 1 unspecified atom stereocenters. The van der Waals surface area contributed by atoms with E-state index >= 15 is 0 Å². The van der Waals surface area contributed by atoms with Crippen LogP contribution in [-0.4, -0.2) is 15.1 Å². The van der Waals surface area contributed by atoms with E-state index in [4.69, 9.17) is 34.8 Å². The third-order valence-corrected chi connectivity index (χ3v) is 3.79. The second-order valence-electron chi connectivity index (χ2n) is 4.48. The largest absolute Gasteiger partial charge is 0.382 e. The molecule has 0 radical (unpaired) electrons. The van der Waals surface area contributed by atoms with Gasteiger partial charge in [-0.2, -0.15) is 0 Å². The molecule has 0 saturated carbocycles. The van der Waals surface area contributed by atoms with Crippen LogP contribution in [0.2, 0.25) is 15.2 Å². The summed E-state index contributed by atoms with van der Waals surface area (Å²) in [7, 11) is 0. The molecular formula is C15H9Cl3N2O. The van der Waals surface area contributed by atoms with Crippen LogP contribution in [0, 0.1) is 0 Å². The highest BCUT2D eigenvalue weighted by Gasteiger charge is 2.18. The number of aliphatic hydroxyl groups excluding tert-OH is 1. The fourth-order valence-corrected chi connectivity index (χ4v) is 2.91. The van der Waals surface area contributed by atoms with Crippen LogP contribution in [0.15, 0.2) is 42.6 Å². The molecule has 21 heavy (non-hydrogen) atoms. The minimum absolute atomic E-state index is 0.247. The minimum atomic E-state index is -0.941. The lowest BCUT2D eigenvalue weighted by molar-refractivity contribution is 0.217. The van der Waals surface area contributed by atoms with Gasteiger partial charge in [-0.05, 0) is 35.9 Å². The lowest BCUT2D eigenvalue weighted by Gasteiger charge is -2.14. The van der Waals surface area contributed by atoms with Gasteiger partial charge in [-0.3, -0.25) is 4.98 Å². The Hall–Kier alpha value is -1.39. The Labute approximate surface area is 136 Å². The summed E-state index contributed by atoms with van der Waals surface area (Å²) in [6.45, 7) is 0. The van der Waals surface area contributed by atoms with Gasteiger partial charge in [0.25, 0.3) is 0 Å². The number of rotatable bonds is 2. The third kappa shape index (κ3) is 2.83. The Bertz CT molecular complexity index is 809. The van der Waals surface area contributed by atoms with E-state index in [9.17, 15) is 5.11 Å². The highest BCUT2D eigenvalue weighted by molar-refractivity contribution is 6.38. The zero-order valence-electron chi connectivity index (χ0n) is 10.6. The highest BCUT2D eigenvalue weighted by Crippen LogP contribution is 2.34. The van der Waals surface area contributed by atoms with E-state index in [1.54, 1.807) is 42.6 Å². The predicted octanol–water partition coefficient (Wildman–Crippen LogP) is 4.67. The monoisotopic (exact) mass is 338 g/mol. The first-order valence-corrected chi connectivity index (χ1v) is 7.24. The third-order valence-electron chi connectivity index (χ3n) is 3.09. The minimum Gasteiger partial charge on any atom is -0.382 e. The van der Waals surface area contributed by atoms with Crippen molar-refractivity contribution in [3.05, 3.63) is 69.1 Å². The van der Waals surface area contributed by atoms with Crippen molar-refractivity contribution in [1.82, 2.24) is 9.97 Å². The van der Waals surface area contributed by atoms with Crippen molar-refractivity contribution in [2.45, 2.75) is 6.10 Å². The SMILES string of the molecule is OC(c1ccccn1)c1cc(Cl)nc2c(Cl)cc(Cl)cc12. The first kappa shape index (κ1) is 14.5. The number of aromatic nitrogens is 2.